The van der Waals surface area contributed by atoms with Crippen LogP contribution < -0.4 is 0 Å². The van der Waals surface area contributed by atoms with Gasteiger partial charge in [0.05, 0.1) is 0 Å². The van der Waals surface area contributed by atoms with Crippen molar-refractivity contribution in [2.24, 2.45) is 0 Å². The van der Waals surface area contributed by atoms with Crippen LogP contribution in [0.15, 0.2) is 0 Å². The average molecular weight is 362 g/mol. The van der Waals surface area contributed by atoms with E-state index in [0.717, 1.165) is 0 Å². The van der Waals surface area contributed by atoms with Crippen molar-refractivity contribution in [2.45, 2.75) is 79.1 Å². The molecule has 21 heavy (non-hydrogen) atoms. The molecule has 0 amide bonds. The number of hydrogen-bond acceptors (Lipinski definition) is 7. The third-order valence-electron chi connectivity index (χ3n) is 3.02. The standard InChI is InChI=1S/C12H27O4Si.3H2O.Ti/c1-7-10(4)14-17(13,15-11(5)8-2)16-12(6)9-3;;;;/h10-12H,7-9H2,1-6H3;3*1H2;/q-1;;;;+4/p-3. The summed E-state index contributed by atoms with van der Waals surface area (Å²) in [6.45, 7) is 11.2. The SMILES string of the molecule is CCC(C)O[Si](OC(C)CC)(OC(C)CC)[O][Ti]([OH])([OH])[OH]. The maximum absolute atomic E-state index is 9.38. The summed E-state index contributed by atoms with van der Waals surface area (Å²) in [6.07, 6.45) is 1.26. The molecule has 0 radical (unpaired) electrons. The van der Waals surface area contributed by atoms with E-state index in [2.05, 4.69) is 0 Å². The van der Waals surface area contributed by atoms with Crippen LogP contribution in [-0.2, 0) is 34.4 Å². The predicted molar refractivity (Wildman–Crippen MR) is 76.0 cm³/mol. The molecule has 3 atom stereocenters. The van der Waals surface area contributed by atoms with Gasteiger partial charge in [-0.25, -0.2) is 0 Å². The average Bonchev–Trinajstić information content (AvgIpc) is 2.35. The molecule has 0 aliphatic rings. The van der Waals surface area contributed by atoms with Gasteiger partial charge in [-0.3, -0.25) is 0 Å². The summed E-state index contributed by atoms with van der Waals surface area (Å²) in [5.41, 5.74) is 0. The van der Waals surface area contributed by atoms with Crippen LogP contribution in [0, 0.1) is 0 Å². The minimum absolute atomic E-state index is 0.255. The quantitative estimate of drug-likeness (QED) is 0.481. The van der Waals surface area contributed by atoms with E-state index < -0.39 is 27.2 Å². The molecule has 0 aliphatic heterocycles. The molecule has 3 N–H and O–H groups in total. The second-order valence-corrected chi connectivity index (χ2v) is 9.85. The van der Waals surface area contributed by atoms with Gasteiger partial charge in [0.15, 0.2) is 0 Å². The Labute approximate surface area is 133 Å². The molecule has 0 rings (SSSR count). The van der Waals surface area contributed by atoms with Crippen molar-refractivity contribution in [1.29, 1.82) is 0 Å². The molecule has 128 valence electrons. The van der Waals surface area contributed by atoms with Gasteiger partial charge in [0, 0.05) is 0 Å². The zero-order chi connectivity index (χ0) is 16.7. The van der Waals surface area contributed by atoms with Crippen molar-refractivity contribution in [2.75, 3.05) is 0 Å². The van der Waals surface area contributed by atoms with Crippen molar-refractivity contribution >= 4 is 9.05 Å². The molecule has 0 aromatic heterocycles. The molecule has 3 unspecified atom stereocenters. The second kappa shape index (κ2) is 9.71. The first-order valence-corrected chi connectivity index (χ1v) is 11.8. The molecular weight excluding hydrogens is 332 g/mol. The van der Waals surface area contributed by atoms with Crippen molar-refractivity contribution < 1.29 is 45.5 Å². The molecule has 9 heteroatoms. The van der Waals surface area contributed by atoms with Gasteiger partial charge in [-0.2, -0.15) is 0 Å². The Hall–Kier alpha value is 0.651. The summed E-state index contributed by atoms with van der Waals surface area (Å²) in [7, 11) is -3.85. The fraction of sp³-hybridized carbons (Fsp3) is 1.00. The fourth-order valence-electron chi connectivity index (χ4n) is 1.31. The van der Waals surface area contributed by atoms with Crippen LogP contribution in [0.5, 0.6) is 0 Å². The van der Waals surface area contributed by atoms with Gasteiger partial charge in [-0.1, -0.05) is 0 Å². The van der Waals surface area contributed by atoms with Gasteiger partial charge < -0.3 is 0 Å². The van der Waals surface area contributed by atoms with Crippen LogP contribution >= 0.6 is 0 Å². The Balaban J connectivity index is 5.34. The van der Waals surface area contributed by atoms with E-state index in [1.54, 1.807) is 0 Å². The van der Waals surface area contributed by atoms with Crippen LogP contribution in [0.1, 0.15) is 60.8 Å². The zero-order valence-corrected chi connectivity index (χ0v) is 16.4. The van der Waals surface area contributed by atoms with E-state index in [4.69, 9.17) is 16.3 Å². The van der Waals surface area contributed by atoms with Crippen LogP contribution in [0.2, 0.25) is 0 Å². The molecule has 0 aromatic carbocycles. The molecule has 7 nitrogen and oxygen atoms in total. The summed E-state index contributed by atoms with van der Waals surface area (Å²) in [5.74, 6) is 0. The predicted octanol–water partition coefficient (Wildman–Crippen LogP) is 1.67. The summed E-state index contributed by atoms with van der Waals surface area (Å²) in [6, 6.07) is 0. The zero-order valence-electron chi connectivity index (χ0n) is 13.8. The third-order valence-corrected chi connectivity index (χ3v) is 8.07. The third kappa shape index (κ3) is 9.40. The number of rotatable bonds is 11. The van der Waals surface area contributed by atoms with Gasteiger partial charge in [-0.05, 0) is 0 Å². The summed E-state index contributed by atoms with van der Waals surface area (Å²) < 4.78 is 50.5. The van der Waals surface area contributed by atoms with Gasteiger partial charge in [-0.15, -0.1) is 0 Å². The topological polar surface area (TPSA) is 97.6 Å². The first kappa shape index (κ1) is 21.7. The Morgan fingerprint density at radius 2 is 1.05 bits per heavy atom. The Kier molecular flexibility index (Phi) is 10.0. The van der Waals surface area contributed by atoms with Crippen LogP contribution in [-0.4, -0.2) is 38.4 Å². The Bertz CT molecular complexity index is 256. The van der Waals surface area contributed by atoms with Crippen molar-refractivity contribution in [1.82, 2.24) is 0 Å². The molecule has 0 spiro atoms. The van der Waals surface area contributed by atoms with Gasteiger partial charge in [0.1, 0.15) is 0 Å². The summed E-state index contributed by atoms with van der Waals surface area (Å²) in [5, 5.41) is 0. The molecule has 0 bridgehead atoms. The van der Waals surface area contributed by atoms with Crippen molar-refractivity contribution in [3.05, 3.63) is 0 Å². The van der Waals surface area contributed by atoms with Crippen molar-refractivity contribution in [3.8, 4) is 0 Å². The fourth-order valence-corrected chi connectivity index (χ4v) is 6.18. The Morgan fingerprint density at radius 1 is 0.762 bits per heavy atom. The van der Waals surface area contributed by atoms with Crippen LogP contribution in [0.25, 0.3) is 0 Å². The van der Waals surface area contributed by atoms with E-state index in [0.29, 0.717) is 19.3 Å². The first-order chi connectivity index (χ1) is 9.57. The van der Waals surface area contributed by atoms with Gasteiger partial charge in [0.25, 0.3) is 0 Å². The molecule has 0 heterocycles. The van der Waals surface area contributed by atoms with E-state index >= 15 is 0 Å². The first-order valence-electron chi connectivity index (χ1n) is 7.48. The van der Waals surface area contributed by atoms with E-state index in [9.17, 15) is 11.1 Å². The molecular formula is C12H30O7SiTi. The molecule has 0 aliphatic carbocycles. The van der Waals surface area contributed by atoms with E-state index in [-0.39, 0.29) is 18.3 Å². The number of hydrogen-bond donors (Lipinski definition) is 3. The van der Waals surface area contributed by atoms with Crippen molar-refractivity contribution in [3.63, 3.8) is 0 Å². The Morgan fingerprint density at radius 3 is 1.24 bits per heavy atom. The normalized spacial score (nSPS) is 19.9. The van der Waals surface area contributed by atoms with Crippen LogP contribution in [0.4, 0.5) is 0 Å². The van der Waals surface area contributed by atoms with E-state index in [1.165, 1.54) is 0 Å². The maximum atomic E-state index is 9.38. The summed E-state index contributed by atoms with van der Waals surface area (Å²) >= 11 is -5.36. The second-order valence-electron chi connectivity index (χ2n) is 5.19. The molecule has 0 fully saturated rings. The van der Waals surface area contributed by atoms with Crippen LogP contribution in [0.3, 0.4) is 0 Å². The molecule has 0 aromatic rings. The summed E-state index contributed by atoms with van der Waals surface area (Å²) in [4.78, 5) is 0. The molecule has 0 saturated carbocycles. The monoisotopic (exact) mass is 362 g/mol. The minimum atomic E-state index is -5.36. The van der Waals surface area contributed by atoms with Gasteiger partial charge >= 0.3 is 134 Å². The van der Waals surface area contributed by atoms with E-state index in [1.807, 2.05) is 41.5 Å². The molecule has 0 saturated heterocycles. The van der Waals surface area contributed by atoms with Gasteiger partial charge in [0.2, 0.25) is 0 Å².